The number of nitrogens with zero attached hydrogens (tertiary/aromatic N) is 1. The van der Waals surface area contributed by atoms with Gasteiger partial charge in [-0.2, -0.15) is 4.31 Å². The quantitative estimate of drug-likeness (QED) is 0.648. The summed E-state index contributed by atoms with van der Waals surface area (Å²) in [5, 5.41) is -0.507. The fraction of sp³-hybridized carbons (Fsp3) is 0.250. The number of thioether (sulfide) groups is 1. The van der Waals surface area contributed by atoms with Gasteiger partial charge in [0.2, 0.25) is 10.0 Å². The van der Waals surface area contributed by atoms with Gasteiger partial charge in [0, 0.05) is 16.8 Å². The van der Waals surface area contributed by atoms with E-state index in [1.54, 1.807) is 24.3 Å². The van der Waals surface area contributed by atoms with E-state index in [1.165, 1.54) is 28.2 Å². The van der Waals surface area contributed by atoms with E-state index in [0.29, 0.717) is 5.75 Å². The van der Waals surface area contributed by atoms with Crippen LogP contribution in [0.25, 0.3) is 0 Å². The van der Waals surface area contributed by atoms with Crippen LogP contribution in [-0.2, 0) is 10.0 Å². The zero-order valence-corrected chi connectivity index (χ0v) is 16.3. The number of sulfonamides is 1. The van der Waals surface area contributed by atoms with Crippen LogP contribution in [-0.4, -0.2) is 31.4 Å². The summed E-state index contributed by atoms with van der Waals surface area (Å²) >= 11 is 4.74. The van der Waals surface area contributed by atoms with Crippen molar-refractivity contribution in [3.8, 4) is 5.75 Å². The summed E-state index contributed by atoms with van der Waals surface area (Å²) in [6, 6.07) is 11.9. The monoisotopic (exact) mass is 467 g/mol. The molecule has 0 aliphatic carbocycles. The van der Waals surface area contributed by atoms with E-state index in [9.17, 15) is 21.6 Å². The maximum Gasteiger partial charge on any atom is 0.573 e. The standard InChI is InChI=1S/C16H13BrF3NO3S2/c17-12-7-5-11(6-8-12)15-21(9-10-25-15)26(22,23)14-4-2-1-3-13(14)24-16(18,19)20/h1-8,15H,9-10H2. The van der Waals surface area contributed by atoms with Crippen LogP contribution in [0.4, 0.5) is 13.2 Å². The predicted octanol–water partition coefficient (Wildman–Crippen LogP) is 4.78. The molecule has 1 aliphatic heterocycles. The summed E-state index contributed by atoms with van der Waals surface area (Å²) in [7, 11) is -4.17. The Morgan fingerprint density at radius 3 is 2.42 bits per heavy atom. The van der Waals surface area contributed by atoms with Crippen LogP contribution in [0.2, 0.25) is 0 Å². The third kappa shape index (κ3) is 4.19. The number of hydrogen-bond donors (Lipinski definition) is 0. The Hall–Kier alpha value is -1.23. The number of alkyl halides is 3. The molecule has 1 unspecified atom stereocenters. The number of rotatable bonds is 4. The highest BCUT2D eigenvalue weighted by molar-refractivity contribution is 9.10. The summed E-state index contributed by atoms with van der Waals surface area (Å²) < 4.78 is 70.0. The molecule has 0 aromatic heterocycles. The molecular formula is C16H13BrF3NO3S2. The van der Waals surface area contributed by atoms with Gasteiger partial charge in [0.1, 0.15) is 10.6 Å². The summed E-state index contributed by atoms with van der Waals surface area (Å²) in [6.45, 7) is 0.202. The Balaban J connectivity index is 1.99. The number of benzene rings is 2. The molecule has 2 aromatic rings. The topological polar surface area (TPSA) is 46.6 Å². The molecule has 10 heteroatoms. The molecule has 1 fully saturated rings. The van der Waals surface area contributed by atoms with E-state index < -0.39 is 32.4 Å². The molecule has 2 aromatic carbocycles. The Kier molecular flexibility index (Phi) is 5.57. The first-order chi connectivity index (χ1) is 12.2. The zero-order chi connectivity index (χ0) is 18.9. The molecule has 4 nitrogen and oxygen atoms in total. The smallest absolute Gasteiger partial charge is 0.404 e. The molecule has 140 valence electrons. The van der Waals surface area contributed by atoms with Crippen LogP contribution in [0.1, 0.15) is 10.9 Å². The van der Waals surface area contributed by atoms with E-state index in [1.807, 2.05) is 0 Å². The van der Waals surface area contributed by atoms with Crippen molar-refractivity contribution in [1.29, 1.82) is 0 Å². The van der Waals surface area contributed by atoms with Crippen LogP contribution in [0.5, 0.6) is 5.75 Å². The van der Waals surface area contributed by atoms with Crippen LogP contribution in [0.3, 0.4) is 0 Å². The number of hydrogen-bond acceptors (Lipinski definition) is 4. The molecule has 0 radical (unpaired) electrons. The third-order valence-electron chi connectivity index (χ3n) is 3.67. The third-order valence-corrected chi connectivity index (χ3v) is 7.49. The first-order valence-corrected chi connectivity index (χ1v) is 10.7. The van der Waals surface area contributed by atoms with Crippen LogP contribution in [0, 0.1) is 0 Å². The average Bonchev–Trinajstić information content (AvgIpc) is 3.05. The highest BCUT2D eigenvalue weighted by Crippen LogP contribution is 2.43. The summed E-state index contributed by atoms with van der Waals surface area (Å²) in [4.78, 5) is -0.498. The molecule has 3 rings (SSSR count). The molecular weight excluding hydrogens is 455 g/mol. The maximum atomic E-state index is 13.0. The van der Waals surface area contributed by atoms with Gasteiger partial charge in [0.15, 0.2) is 0 Å². The first-order valence-electron chi connectivity index (χ1n) is 7.42. The lowest BCUT2D eigenvalue weighted by molar-refractivity contribution is -0.275. The van der Waals surface area contributed by atoms with Gasteiger partial charge in [-0.3, -0.25) is 0 Å². The van der Waals surface area contributed by atoms with Crippen molar-refractivity contribution in [2.45, 2.75) is 16.6 Å². The van der Waals surface area contributed by atoms with E-state index >= 15 is 0 Å². The molecule has 0 saturated carbocycles. The minimum atomic E-state index is -4.98. The second-order valence-electron chi connectivity index (χ2n) is 5.38. The lowest BCUT2D eigenvalue weighted by Crippen LogP contribution is -2.31. The second kappa shape index (κ2) is 7.41. The Morgan fingerprint density at radius 2 is 1.77 bits per heavy atom. The van der Waals surface area contributed by atoms with Crippen LogP contribution in [0.15, 0.2) is 57.9 Å². The van der Waals surface area contributed by atoms with Gasteiger partial charge in [-0.1, -0.05) is 40.2 Å². The Labute approximate surface area is 161 Å². The molecule has 0 amide bonds. The highest BCUT2D eigenvalue weighted by Gasteiger charge is 2.40. The maximum absolute atomic E-state index is 13.0. The normalized spacial score (nSPS) is 18.8. The van der Waals surface area contributed by atoms with Gasteiger partial charge < -0.3 is 4.74 Å². The lowest BCUT2D eigenvalue weighted by Gasteiger charge is -2.24. The van der Waals surface area contributed by atoms with Gasteiger partial charge in [-0.15, -0.1) is 24.9 Å². The van der Waals surface area contributed by atoms with Crippen LogP contribution < -0.4 is 4.74 Å². The molecule has 26 heavy (non-hydrogen) atoms. The average molecular weight is 468 g/mol. The number of halogens is 4. The van der Waals surface area contributed by atoms with Gasteiger partial charge in [0.25, 0.3) is 0 Å². The number of para-hydroxylation sites is 1. The molecule has 1 atom stereocenters. The van der Waals surface area contributed by atoms with E-state index in [-0.39, 0.29) is 6.54 Å². The lowest BCUT2D eigenvalue weighted by atomic mass is 10.2. The van der Waals surface area contributed by atoms with E-state index in [2.05, 4.69) is 20.7 Å². The van der Waals surface area contributed by atoms with Crippen LogP contribution >= 0.6 is 27.7 Å². The summed E-state index contributed by atoms with van der Waals surface area (Å²) in [6.07, 6.45) is -4.98. The zero-order valence-electron chi connectivity index (χ0n) is 13.1. The number of ether oxygens (including phenoxy) is 1. The molecule has 0 N–H and O–H groups in total. The van der Waals surface area contributed by atoms with E-state index in [4.69, 9.17) is 0 Å². The Bertz CT molecular complexity index is 888. The molecule has 1 heterocycles. The van der Waals surface area contributed by atoms with Crippen molar-refractivity contribution in [3.05, 3.63) is 58.6 Å². The summed E-state index contributed by atoms with van der Waals surface area (Å²) in [5.74, 6) is -0.186. The van der Waals surface area contributed by atoms with Crippen molar-refractivity contribution in [1.82, 2.24) is 4.31 Å². The fourth-order valence-electron chi connectivity index (χ4n) is 2.59. The van der Waals surface area contributed by atoms with E-state index in [0.717, 1.165) is 22.2 Å². The predicted molar refractivity (Wildman–Crippen MR) is 96.4 cm³/mol. The Morgan fingerprint density at radius 1 is 1.12 bits per heavy atom. The minimum Gasteiger partial charge on any atom is -0.404 e. The van der Waals surface area contributed by atoms with Crippen molar-refractivity contribution < 1.29 is 26.3 Å². The van der Waals surface area contributed by atoms with Crippen molar-refractivity contribution in [3.63, 3.8) is 0 Å². The first kappa shape index (κ1) is 19.5. The minimum absolute atomic E-state index is 0.202. The van der Waals surface area contributed by atoms with Crippen molar-refractivity contribution in [2.75, 3.05) is 12.3 Å². The molecule has 0 bridgehead atoms. The van der Waals surface area contributed by atoms with Gasteiger partial charge >= 0.3 is 6.36 Å². The summed E-state index contributed by atoms with van der Waals surface area (Å²) in [5.41, 5.74) is 0.758. The second-order valence-corrected chi connectivity index (χ2v) is 9.35. The molecule has 1 aliphatic rings. The largest absolute Gasteiger partial charge is 0.573 e. The highest BCUT2D eigenvalue weighted by atomic mass is 79.9. The van der Waals surface area contributed by atoms with Gasteiger partial charge in [-0.05, 0) is 29.8 Å². The molecule has 1 saturated heterocycles. The van der Waals surface area contributed by atoms with Crippen molar-refractivity contribution >= 4 is 37.7 Å². The van der Waals surface area contributed by atoms with Crippen molar-refractivity contribution in [2.24, 2.45) is 0 Å². The SMILES string of the molecule is O=S(=O)(c1ccccc1OC(F)(F)F)N1CCSC1c1ccc(Br)cc1. The van der Waals surface area contributed by atoms with Gasteiger partial charge in [0.05, 0.1) is 5.37 Å². The van der Waals surface area contributed by atoms with Gasteiger partial charge in [-0.25, -0.2) is 8.42 Å². The molecule has 0 spiro atoms. The fourth-order valence-corrected chi connectivity index (χ4v) is 6.21.